The molecule has 1 aliphatic heterocycles. The van der Waals surface area contributed by atoms with Gasteiger partial charge in [0.05, 0.1) is 0 Å². The molecule has 1 saturated heterocycles. The van der Waals surface area contributed by atoms with Crippen LogP contribution in [0.3, 0.4) is 0 Å². The molecule has 1 heterocycles. The SMILES string of the molecule is CC(=O)[C@@H]1CC[C@@H](Cc2ccc(N3CCCC3=O)cc2)C1. The lowest BCUT2D eigenvalue weighted by Gasteiger charge is -2.16. The maximum Gasteiger partial charge on any atom is 0.227 e. The molecule has 2 fully saturated rings. The number of anilines is 1. The summed E-state index contributed by atoms with van der Waals surface area (Å²) in [5.41, 5.74) is 2.34. The number of carbonyl (C=O) groups excluding carboxylic acids is 2. The Hall–Kier alpha value is -1.64. The molecule has 3 heteroatoms. The van der Waals surface area contributed by atoms with Gasteiger partial charge in [0.2, 0.25) is 5.91 Å². The van der Waals surface area contributed by atoms with E-state index in [0.29, 0.717) is 18.1 Å². The zero-order valence-electron chi connectivity index (χ0n) is 12.7. The molecule has 2 atom stereocenters. The predicted octanol–water partition coefficient (Wildman–Crippen LogP) is 3.36. The van der Waals surface area contributed by atoms with Gasteiger partial charge < -0.3 is 4.90 Å². The van der Waals surface area contributed by atoms with E-state index in [4.69, 9.17) is 0 Å². The van der Waals surface area contributed by atoms with Crippen LogP contribution >= 0.6 is 0 Å². The highest BCUT2D eigenvalue weighted by molar-refractivity contribution is 5.95. The molecule has 0 aromatic heterocycles. The van der Waals surface area contributed by atoms with Crippen molar-refractivity contribution in [2.75, 3.05) is 11.4 Å². The predicted molar refractivity (Wildman–Crippen MR) is 83.2 cm³/mol. The molecule has 3 rings (SSSR count). The van der Waals surface area contributed by atoms with Crippen LogP contribution in [0.15, 0.2) is 24.3 Å². The Labute approximate surface area is 126 Å². The van der Waals surface area contributed by atoms with Crippen LogP contribution in [0.2, 0.25) is 0 Å². The molecular weight excluding hydrogens is 262 g/mol. The van der Waals surface area contributed by atoms with Crippen molar-refractivity contribution in [1.29, 1.82) is 0 Å². The van der Waals surface area contributed by atoms with Crippen molar-refractivity contribution in [3.05, 3.63) is 29.8 Å². The quantitative estimate of drug-likeness (QED) is 0.850. The van der Waals surface area contributed by atoms with Gasteiger partial charge in [0.15, 0.2) is 0 Å². The lowest BCUT2D eigenvalue weighted by Crippen LogP contribution is -2.23. The van der Waals surface area contributed by atoms with E-state index in [0.717, 1.165) is 44.3 Å². The van der Waals surface area contributed by atoms with Gasteiger partial charge in [-0.1, -0.05) is 12.1 Å². The molecule has 1 aliphatic carbocycles. The lowest BCUT2D eigenvalue weighted by atomic mass is 9.95. The Bertz CT molecular complexity index is 535. The van der Waals surface area contributed by atoms with E-state index in [1.165, 1.54) is 5.56 Å². The molecule has 0 unspecified atom stereocenters. The van der Waals surface area contributed by atoms with Gasteiger partial charge in [-0.25, -0.2) is 0 Å². The smallest absolute Gasteiger partial charge is 0.227 e. The second-order valence-corrected chi connectivity index (χ2v) is 6.51. The van der Waals surface area contributed by atoms with Gasteiger partial charge in [-0.15, -0.1) is 0 Å². The van der Waals surface area contributed by atoms with Crippen molar-refractivity contribution >= 4 is 17.4 Å². The van der Waals surface area contributed by atoms with E-state index < -0.39 is 0 Å². The van der Waals surface area contributed by atoms with Crippen molar-refractivity contribution < 1.29 is 9.59 Å². The molecule has 2 aliphatic rings. The van der Waals surface area contributed by atoms with Crippen molar-refractivity contribution in [2.24, 2.45) is 11.8 Å². The van der Waals surface area contributed by atoms with Crippen molar-refractivity contribution in [3.8, 4) is 0 Å². The summed E-state index contributed by atoms with van der Waals surface area (Å²) in [6.45, 7) is 2.57. The average molecular weight is 285 g/mol. The van der Waals surface area contributed by atoms with Crippen LogP contribution in [0.1, 0.15) is 44.6 Å². The molecule has 1 saturated carbocycles. The highest BCUT2D eigenvalue weighted by Crippen LogP contribution is 2.34. The highest BCUT2D eigenvalue weighted by atomic mass is 16.2. The summed E-state index contributed by atoms with van der Waals surface area (Å²) in [5, 5.41) is 0. The van der Waals surface area contributed by atoms with Crippen LogP contribution < -0.4 is 4.90 Å². The Kier molecular flexibility index (Phi) is 4.09. The van der Waals surface area contributed by atoms with Crippen LogP contribution in [0.5, 0.6) is 0 Å². The average Bonchev–Trinajstić information content (AvgIpc) is 3.09. The Morgan fingerprint density at radius 3 is 2.57 bits per heavy atom. The Balaban J connectivity index is 1.60. The van der Waals surface area contributed by atoms with E-state index in [-0.39, 0.29) is 11.8 Å². The number of ketones is 1. The molecule has 0 bridgehead atoms. The number of amides is 1. The summed E-state index contributed by atoms with van der Waals surface area (Å²) in [6.07, 6.45) is 5.96. The van der Waals surface area contributed by atoms with E-state index in [1.54, 1.807) is 6.92 Å². The minimum Gasteiger partial charge on any atom is -0.312 e. The fraction of sp³-hybridized carbons (Fsp3) is 0.556. The third kappa shape index (κ3) is 3.17. The second-order valence-electron chi connectivity index (χ2n) is 6.51. The molecule has 0 radical (unpaired) electrons. The molecule has 21 heavy (non-hydrogen) atoms. The summed E-state index contributed by atoms with van der Waals surface area (Å²) in [5.74, 6) is 1.51. The minimum atomic E-state index is 0.239. The summed E-state index contributed by atoms with van der Waals surface area (Å²) in [4.78, 5) is 25.0. The molecule has 1 amide bonds. The van der Waals surface area contributed by atoms with E-state index >= 15 is 0 Å². The summed E-state index contributed by atoms with van der Waals surface area (Å²) >= 11 is 0. The second kappa shape index (κ2) is 6.00. The minimum absolute atomic E-state index is 0.239. The van der Waals surface area contributed by atoms with Crippen LogP contribution in [0, 0.1) is 11.8 Å². The maximum absolute atomic E-state index is 11.7. The van der Waals surface area contributed by atoms with E-state index in [2.05, 4.69) is 24.3 Å². The molecule has 112 valence electrons. The number of carbonyl (C=O) groups is 2. The third-order valence-corrected chi connectivity index (χ3v) is 4.96. The molecule has 0 spiro atoms. The number of hydrogen-bond donors (Lipinski definition) is 0. The number of hydrogen-bond acceptors (Lipinski definition) is 2. The summed E-state index contributed by atoms with van der Waals surface area (Å²) in [6, 6.07) is 8.41. The van der Waals surface area contributed by atoms with E-state index in [9.17, 15) is 9.59 Å². The zero-order chi connectivity index (χ0) is 14.8. The Morgan fingerprint density at radius 1 is 1.24 bits per heavy atom. The van der Waals surface area contributed by atoms with Gasteiger partial charge >= 0.3 is 0 Å². The van der Waals surface area contributed by atoms with Gasteiger partial charge in [-0.05, 0) is 62.6 Å². The van der Waals surface area contributed by atoms with Gasteiger partial charge in [0, 0.05) is 24.6 Å². The van der Waals surface area contributed by atoms with Crippen molar-refractivity contribution in [3.63, 3.8) is 0 Å². The number of Topliss-reactive ketones (excluding diaryl/α,β-unsaturated/α-hetero) is 1. The lowest BCUT2D eigenvalue weighted by molar-refractivity contribution is -0.120. The fourth-order valence-electron chi connectivity index (χ4n) is 3.70. The molecule has 1 aromatic carbocycles. The largest absolute Gasteiger partial charge is 0.312 e. The first-order chi connectivity index (χ1) is 10.1. The van der Waals surface area contributed by atoms with Crippen LogP contribution in [0.4, 0.5) is 5.69 Å². The standard InChI is InChI=1S/C18H23NO2/c1-13(20)16-7-4-15(12-16)11-14-5-8-17(9-6-14)19-10-2-3-18(19)21/h5-6,8-9,15-16H,2-4,7,10-12H2,1H3/t15-,16+/m0/s1. The fourth-order valence-corrected chi connectivity index (χ4v) is 3.70. The monoisotopic (exact) mass is 285 g/mol. The van der Waals surface area contributed by atoms with Gasteiger partial charge in [-0.2, -0.15) is 0 Å². The molecule has 3 nitrogen and oxygen atoms in total. The van der Waals surface area contributed by atoms with Gasteiger partial charge in [0.25, 0.3) is 0 Å². The van der Waals surface area contributed by atoms with Crippen LogP contribution in [-0.4, -0.2) is 18.2 Å². The first-order valence-corrected chi connectivity index (χ1v) is 8.03. The van der Waals surface area contributed by atoms with Gasteiger partial charge in [0.1, 0.15) is 5.78 Å². The molecule has 0 N–H and O–H groups in total. The number of rotatable bonds is 4. The third-order valence-electron chi connectivity index (χ3n) is 4.96. The Morgan fingerprint density at radius 2 is 2.00 bits per heavy atom. The topological polar surface area (TPSA) is 37.4 Å². The van der Waals surface area contributed by atoms with Crippen LogP contribution in [0.25, 0.3) is 0 Å². The first-order valence-electron chi connectivity index (χ1n) is 8.03. The van der Waals surface area contributed by atoms with Crippen molar-refractivity contribution in [1.82, 2.24) is 0 Å². The highest BCUT2D eigenvalue weighted by Gasteiger charge is 2.27. The van der Waals surface area contributed by atoms with Gasteiger partial charge in [-0.3, -0.25) is 9.59 Å². The van der Waals surface area contributed by atoms with E-state index in [1.807, 2.05) is 4.90 Å². The first kappa shape index (κ1) is 14.3. The normalized spacial score (nSPS) is 25.6. The summed E-state index contributed by atoms with van der Waals surface area (Å²) in [7, 11) is 0. The maximum atomic E-state index is 11.7. The number of benzene rings is 1. The molecular formula is C18H23NO2. The molecule has 1 aromatic rings. The van der Waals surface area contributed by atoms with Crippen LogP contribution in [-0.2, 0) is 16.0 Å². The zero-order valence-corrected chi connectivity index (χ0v) is 12.7. The van der Waals surface area contributed by atoms with Crippen molar-refractivity contribution in [2.45, 2.75) is 45.4 Å². The summed E-state index contributed by atoms with van der Waals surface area (Å²) < 4.78 is 0. The number of nitrogens with zero attached hydrogens (tertiary/aromatic N) is 1.